The van der Waals surface area contributed by atoms with Crippen molar-refractivity contribution in [3.63, 3.8) is 0 Å². The molecule has 0 aliphatic heterocycles. The van der Waals surface area contributed by atoms with Crippen molar-refractivity contribution in [2.24, 2.45) is 7.05 Å². The van der Waals surface area contributed by atoms with Crippen molar-refractivity contribution >= 4 is 22.8 Å². The first-order valence-corrected chi connectivity index (χ1v) is 6.24. The number of allylic oxidation sites excluding steroid dienone is 1. The molecule has 0 saturated heterocycles. The van der Waals surface area contributed by atoms with Gasteiger partial charge in [0.25, 0.3) is 0 Å². The van der Waals surface area contributed by atoms with Crippen LogP contribution in [0.2, 0.25) is 0 Å². The van der Waals surface area contributed by atoms with Crippen molar-refractivity contribution in [2.75, 3.05) is 0 Å². The first-order chi connectivity index (χ1) is 9.79. The number of imidazole rings is 1. The van der Waals surface area contributed by atoms with Crippen LogP contribution < -0.4 is 0 Å². The first-order valence-electron chi connectivity index (χ1n) is 6.24. The minimum atomic E-state index is 0.525. The molecule has 0 amide bonds. The van der Waals surface area contributed by atoms with Gasteiger partial charge < -0.3 is 4.57 Å². The third-order valence-electron chi connectivity index (χ3n) is 3.13. The molecule has 20 heavy (non-hydrogen) atoms. The molecule has 0 spiro atoms. The fourth-order valence-electron chi connectivity index (χ4n) is 2.13. The molecule has 3 rings (SSSR count). The number of hydrogen-bond acceptors (Lipinski definition) is 3. The fraction of sp³-hybridized carbons (Fsp3) is 0.0625. The minimum absolute atomic E-state index is 0.525. The molecule has 0 saturated carbocycles. The average molecular weight is 260 g/mol. The van der Waals surface area contributed by atoms with Crippen LogP contribution in [0.15, 0.2) is 48.7 Å². The lowest BCUT2D eigenvalue weighted by Gasteiger charge is -2.00. The Morgan fingerprint density at radius 1 is 1.20 bits per heavy atom. The quantitative estimate of drug-likeness (QED) is 0.665. The van der Waals surface area contributed by atoms with Crippen molar-refractivity contribution in [3.8, 4) is 6.07 Å². The maximum absolute atomic E-state index is 9.40. The summed E-state index contributed by atoms with van der Waals surface area (Å²) in [4.78, 5) is 8.66. The third-order valence-corrected chi connectivity index (χ3v) is 3.13. The molecule has 1 aromatic carbocycles. The van der Waals surface area contributed by atoms with E-state index < -0.39 is 0 Å². The molecule has 0 N–H and O–H groups in total. The van der Waals surface area contributed by atoms with Crippen molar-refractivity contribution in [1.29, 1.82) is 5.26 Å². The Bertz CT molecular complexity index is 823. The summed E-state index contributed by atoms with van der Waals surface area (Å²) in [5.74, 6) is 0.630. The number of aromatic nitrogens is 3. The lowest BCUT2D eigenvalue weighted by atomic mass is 10.1. The van der Waals surface area contributed by atoms with Gasteiger partial charge in [-0.15, -0.1) is 0 Å². The summed E-state index contributed by atoms with van der Waals surface area (Å²) in [6.45, 7) is 0. The molecule has 2 aromatic heterocycles. The Kier molecular flexibility index (Phi) is 3.02. The van der Waals surface area contributed by atoms with E-state index in [1.54, 1.807) is 6.20 Å². The van der Waals surface area contributed by atoms with Crippen LogP contribution in [0.25, 0.3) is 22.8 Å². The summed E-state index contributed by atoms with van der Waals surface area (Å²) in [7, 11) is 1.89. The molecule has 0 aliphatic carbocycles. The van der Waals surface area contributed by atoms with Gasteiger partial charge in [-0.1, -0.05) is 30.3 Å². The van der Waals surface area contributed by atoms with Crippen molar-refractivity contribution in [1.82, 2.24) is 14.5 Å². The van der Waals surface area contributed by atoms with Crippen LogP contribution in [-0.2, 0) is 7.05 Å². The Balaban J connectivity index is 2.16. The number of nitrogens with zero attached hydrogens (tertiary/aromatic N) is 4. The molecule has 0 aliphatic rings. The van der Waals surface area contributed by atoms with Crippen LogP contribution in [0.3, 0.4) is 0 Å². The Morgan fingerprint density at radius 2 is 2.00 bits per heavy atom. The highest BCUT2D eigenvalue weighted by molar-refractivity contribution is 5.90. The third kappa shape index (κ3) is 2.06. The summed E-state index contributed by atoms with van der Waals surface area (Å²) >= 11 is 0. The largest absolute Gasteiger partial charge is 0.325 e. The smallest absolute Gasteiger partial charge is 0.178 e. The van der Waals surface area contributed by atoms with E-state index in [0.29, 0.717) is 17.0 Å². The molecule has 4 nitrogen and oxygen atoms in total. The number of nitriles is 1. The van der Waals surface area contributed by atoms with Gasteiger partial charge in [-0.25, -0.2) is 9.97 Å². The Morgan fingerprint density at radius 3 is 2.70 bits per heavy atom. The summed E-state index contributed by atoms with van der Waals surface area (Å²) in [5.41, 5.74) is 3.07. The SMILES string of the molecule is Cn1c(/C(C#N)=C/c2ccccc2)nc2ncccc21. The molecule has 0 bridgehead atoms. The van der Waals surface area contributed by atoms with Crippen molar-refractivity contribution < 1.29 is 0 Å². The van der Waals surface area contributed by atoms with E-state index in [9.17, 15) is 5.26 Å². The normalized spacial score (nSPS) is 11.5. The predicted molar refractivity (Wildman–Crippen MR) is 78.4 cm³/mol. The molecule has 0 atom stereocenters. The summed E-state index contributed by atoms with van der Waals surface area (Å²) < 4.78 is 1.89. The van der Waals surface area contributed by atoms with Crippen LogP contribution in [0.4, 0.5) is 0 Å². The van der Waals surface area contributed by atoms with Crippen LogP contribution in [0, 0.1) is 11.3 Å². The van der Waals surface area contributed by atoms with Gasteiger partial charge in [0.2, 0.25) is 0 Å². The van der Waals surface area contributed by atoms with E-state index in [-0.39, 0.29) is 0 Å². The van der Waals surface area contributed by atoms with Gasteiger partial charge in [0, 0.05) is 13.2 Å². The number of rotatable bonds is 2. The van der Waals surface area contributed by atoms with Gasteiger partial charge in [-0.3, -0.25) is 0 Å². The van der Waals surface area contributed by atoms with Gasteiger partial charge in [0.05, 0.1) is 11.1 Å². The minimum Gasteiger partial charge on any atom is -0.325 e. The highest BCUT2D eigenvalue weighted by Gasteiger charge is 2.12. The monoisotopic (exact) mass is 260 g/mol. The molecule has 2 heterocycles. The number of benzene rings is 1. The van der Waals surface area contributed by atoms with Crippen molar-refractivity contribution in [2.45, 2.75) is 0 Å². The molecule has 0 unspecified atom stereocenters. The van der Waals surface area contributed by atoms with Crippen LogP contribution >= 0.6 is 0 Å². The maximum Gasteiger partial charge on any atom is 0.178 e. The van der Waals surface area contributed by atoms with Crippen LogP contribution in [0.5, 0.6) is 0 Å². The average Bonchev–Trinajstić information content (AvgIpc) is 2.83. The molecule has 96 valence electrons. The molecular formula is C16H12N4. The van der Waals surface area contributed by atoms with Crippen LogP contribution in [-0.4, -0.2) is 14.5 Å². The topological polar surface area (TPSA) is 54.5 Å². The number of pyridine rings is 1. The molecule has 0 fully saturated rings. The van der Waals surface area contributed by atoms with Gasteiger partial charge in [0.1, 0.15) is 6.07 Å². The highest BCUT2D eigenvalue weighted by Crippen LogP contribution is 2.20. The molecule has 3 aromatic rings. The van der Waals surface area contributed by atoms with E-state index in [0.717, 1.165) is 11.1 Å². The second kappa shape index (κ2) is 4.98. The van der Waals surface area contributed by atoms with E-state index in [1.807, 2.05) is 60.2 Å². The highest BCUT2D eigenvalue weighted by atomic mass is 15.1. The van der Waals surface area contributed by atoms with Gasteiger partial charge in [-0.05, 0) is 23.8 Å². The lowest BCUT2D eigenvalue weighted by Crippen LogP contribution is -1.95. The zero-order valence-electron chi connectivity index (χ0n) is 11.0. The molecule has 4 heteroatoms. The Labute approximate surface area is 116 Å². The van der Waals surface area contributed by atoms with Gasteiger partial charge in [-0.2, -0.15) is 5.26 Å². The maximum atomic E-state index is 9.40. The summed E-state index contributed by atoms with van der Waals surface area (Å²) in [6, 6.07) is 15.8. The van der Waals surface area contributed by atoms with E-state index in [2.05, 4.69) is 16.0 Å². The molecular weight excluding hydrogens is 248 g/mol. The second-order valence-corrected chi connectivity index (χ2v) is 4.42. The van der Waals surface area contributed by atoms with Crippen LogP contribution in [0.1, 0.15) is 11.4 Å². The first kappa shape index (κ1) is 12.1. The summed E-state index contributed by atoms with van der Waals surface area (Å²) in [5, 5.41) is 9.40. The van der Waals surface area contributed by atoms with E-state index in [4.69, 9.17) is 0 Å². The fourth-order valence-corrected chi connectivity index (χ4v) is 2.13. The zero-order valence-corrected chi connectivity index (χ0v) is 11.0. The van der Waals surface area contributed by atoms with Gasteiger partial charge >= 0.3 is 0 Å². The lowest BCUT2D eigenvalue weighted by molar-refractivity contribution is 0.925. The Hall–Kier alpha value is -2.93. The van der Waals surface area contributed by atoms with E-state index in [1.165, 1.54) is 0 Å². The van der Waals surface area contributed by atoms with Gasteiger partial charge in [0.15, 0.2) is 11.5 Å². The number of hydrogen-bond donors (Lipinski definition) is 0. The predicted octanol–water partition coefficient (Wildman–Crippen LogP) is 3.03. The zero-order chi connectivity index (χ0) is 13.9. The number of aryl methyl sites for hydroxylation is 1. The standard InChI is InChI=1S/C16H12N4/c1-20-14-8-5-9-18-15(14)19-16(20)13(11-17)10-12-6-3-2-4-7-12/h2-10H,1H3/b13-10+. The van der Waals surface area contributed by atoms with E-state index >= 15 is 0 Å². The van der Waals surface area contributed by atoms with Crippen molar-refractivity contribution in [3.05, 3.63) is 60.0 Å². The number of fused-ring (bicyclic) bond motifs is 1. The summed E-state index contributed by atoms with van der Waals surface area (Å²) in [6.07, 6.45) is 3.54. The second-order valence-electron chi connectivity index (χ2n) is 4.42. The molecule has 0 radical (unpaired) electrons.